The number of nitro benzene ring substituents is 1. The predicted octanol–water partition coefficient (Wildman–Crippen LogP) is 2.62. The highest BCUT2D eigenvalue weighted by Gasteiger charge is 2.48. The average Bonchev–Trinajstić information content (AvgIpc) is 3.05. The lowest BCUT2D eigenvalue weighted by Gasteiger charge is -2.55. The Balaban J connectivity index is 1.23. The Labute approximate surface area is 161 Å². The molecular weight excluding hydrogens is 360 g/mol. The van der Waals surface area contributed by atoms with Gasteiger partial charge >= 0.3 is 0 Å². The summed E-state index contributed by atoms with van der Waals surface area (Å²) in [5.74, 6) is 0.794. The Morgan fingerprint density at radius 3 is 2.61 bits per heavy atom. The summed E-state index contributed by atoms with van der Waals surface area (Å²) in [6.07, 6.45) is 3.81. The van der Waals surface area contributed by atoms with Gasteiger partial charge in [-0.25, -0.2) is 4.98 Å². The number of hydrogen-bond acceptors (Lipinski definition) is 6. The highest BCUT2D eigenvalue weighted by Crippen LogP contribution is 2.37. The lowest BCUT2D eigenvalue weighted by molar-refractivity contribution is -0.384. The third-order valence-electron chi connectivity index (χ3n) is 5.41. The molecule has 8 heteroatoms. The number of rotatable bonds is 6. The number of benzene rings is 1. The van der Waals surface area contributed by atoms with Gasteiger partial charge in [0.15, 0.2) is 0 Å². The van der Waals surface area contributed by atoms with Gasteiger partial charge in [0.05, 0.1) is 30.0 Å². The van der Waals surface area contributed by atoms with Crippen molar-refractivity contribution in [3.63, 3.8) is 0 Å². The summed E-state index contributed by atoms with van der Waals surface area (Å²) >= 11 is 0. The zero-order valence-corrected chi connectivity index (χ0v) is 15.3. The van der Waals surface area contributed by atoms with Gasteiger partial charge < -0.3 is 13.9 Å². The van der Waals surface area contributed by atoms with Crippen molar-refractivity contribution in [1.82, 2.24) is 14.3 Å². The van der Waals surface area contributed by atoms with Crippen molar-refractivity contribution in [1.29, 1.82) is 0 Å². The van der Waals surface area contributed by atoms with Crippen LogP contribution in [0.4, 0.5) is 5.69 Å². The predicted molar refractivity (Wildman–Crippen MR) is 102 cm³/mol. The Bertz CT molecular complexity index is 1020. The second-order valence-electron chi connectivity index (χ2n) is 7.61. The molecule has 0 amide bonds. The fourth-order valence-electron chi connectivity index (χ4n) is 3.88. The van der Waals surface area contributed by atoms with Crippen LogP contribution in [-0.2, 0) is 4.74 Å². The van der Waals surface area contributed by atoms with Crippen molar-refractivity contribution in [3.8, 4) is 17.0 Å². The lowest BCUT2D eigenvalue weighted by atomic mass is 9.78. The molecular formula is C20H20N4O4. The first-order valence-corrected chi connectivity index (χ1v) is 9.27. The second kappa shape index (κ2) is 6.57. The molecule has 5 rings (SSSR count). The van der Waals surface area contributed by atoms with E-state index in [0.29, 0.717) is 12.0 Å². The van der Waals surface area contributed by atoms with Crippen LogP contribution in [0.3, 0.4) is 0 Å². The van der Waals surface area contributed by atoms with Crippen molar-refractivity contribution in [2.24, 2.45) is 5.41 Å². The average molecular weight is 380 g/mol. The largest absolute Gasteiger partial charge is 0.491 e. The SMILES string of the molecule is O=[N+]([O-])c1ccc(-c2cn3cc(OCCN4CC5(COC5)C4)ccc3n2)cc1. The number of fused-ring (bicyclic) bond motifs is 1. The molecule has 1 aromatic carbocycles. The van der Waals surface area contributed by atoms with Crippen LogP contribution in [0.25, 0.3) is 16.9 Å². The van der Waals surface area contributed by atoms with Crippen LogP contribution >= 0.6 is 0 Å². The number of hydrogen-bond donors (Lipinski definition) is 0. The number of aromatic nitrogens is 2. The molecule has 0 N–H and O–H groups in total. The normalized spacial score (nSPS) is 18.0. The molecule has 28 heavy (non-hydrogen) atoms. The maximum atomic E-state index is 10.8. The first kappa shape index (κ1) is 17.2. The molecule has 0 bridgehead atoms. The molecule has 4 heterocycles. The molecule has 1 spiro atoms. The zero-order valence-electron chi connectivity index (χ0n) is 15.3. The summed E-state index contributed by atoms with van der Waals surface area (Å²) in [5, 5.41) is 10.8. The van der Waals surface area contributed by atoms with E-state index in [2.05, 4.69) is 9.88 Å². The van der Waals surface area contributed by atoms with Gasteiger partial charge in [0.1, 0.15) is 18.0 Å². The summed E-state index contributed by atoms with van der Waals surface area (Å²) in [5.41, 5.74) is 2.91. The molecule has 2 aromatic heterocycles. The topological polar surface area (TPSA) is 82.1 Å². The van der Waals surface area contributed by atoms with Gasteiger partial charge in [-0.15, -0.1) is 0 Å². The molecule has 2 aliphatic heterocycles. The van der Waals surface area contributed by atoms with Crippen molar-refractivity contribution in [2.75, 3.05) is 39.5 Å². The van der Waals surface area contributed by atoms with Gasteiger partial charge in [-0.3, -0.25) is 15.0 Å². The zero-order chi connectivity index (χ0) is 19.1. The van der Waals surface area contributed by atoms with Crippen LogP contribution in [0.2, 0.25) is 0 Å². The smallest absolute Gasteiger partial charge is 0.269 e. The highest BCUT2D eigenvalue weighted by molar-refractivity contribution is 5.64. The van der Waals surface area contributed by atoms with E-state index in [0.717, 1.165) is 55.5 Å². The molecule has 0 saturated carbocycles. The van der Waals surface area contributed by atoms with E-state index in [1.807, 2.05) is 28.9 Å². The molecule has 0 unspecified atom stereocenters. The fourth-order valence-corrected chi connectivity index (χ4v) is 3.88. The maximum absolute atomic E-state index is 10.8. The number of ether oxygens (including phenoxy) is 2. The van der Waals surface area contributed by atoms with Crippen LogP contribution < -0.4 is 4.74 Å². The van der Waals surface area contributed by atoms with Crippen molar-refractivity contribution in [2.45, 2.75) is 0 Å². The summed E-state index contributed by atoms with van der Waals surface area (Å²) in [7, 11) is 0. The number of nitrogens with zero attached hydrogens (tertiary/aromatic N) is 4. The van der Waals surface area contributed by atoms with Crippen molar-refractivity contribution < 1.29 is 14.4 Å². The third-order valence-corrected chi connectivity index (χ3v) is 5.41. The first-order chi connectivity index (χ1) is 13.6. The molecule has 0 radical (unpaired) electrons. The summed E-state index contributed by atoms with van der Waals surface area (Å²) in [4.78, 5) is 17.4. The molecule has 144 valence electrons. The quantitative estimate of drug-likeness (QED) is 0.483. The number of imidazole rings is 1. The van der Waals surface area contributed by atoms with Gasteiger partial charge in [-0.05, 0) is 24.3 Å². The third kappa shape index (κ3) is 3.10. The summed E-state index contributed by atoms with van der Waals surface area (Å²) in [6.45, 7) is 5.58. The van der Waals surface area contributed by atoms with E-state index < -0.39 is 4.92 Å². The minimum absolute atomic E-state index is 0.0705. The maximum Gasteiger partial charge on any atom is 0.269 e. The molecule has 0 aliphatic carbocycles. The standard InChI is InChI=1S/C20H20N4O4/c25-24(26)16-3-1-15(2-4-16)18-10-23-9-17(5-6-19(23)21-18)28-8-7-22-11-20(12-22)13-27-14-20/h1-6,9-10H,7-8,11-14H2. The van der Waals surface area contributed by atoms with Crippen molar-refractivity contribution >= 4 is 11.3 Å². The minimum Gasteiger partial charge on any atom is -0.491 e. The molecule has 2 aliphatic rings. The Morgan fingerprint density at radius 2 is 1.93 bits per heavy atom. The fraction of sp³-hybridized carbons (Fsp3) is 0.350. The van der Waals surface area contributed by atoms with E-state index in [1.165, 1.54) is 12.1 Å². The van der Waals surface area contributed by atoms with Crippen LogP contribution in [0, 0.1) is 15.5 Å². The van der Waals surface area contributed by atoms with Gasteiger partial charge in [-0.2, -0.15) is 0 Å². The van der Waals surface area contributed by atoms with E-state index in [-0.39, 0.29) is 5.69 Å². The van der Waals surface area contributed by atoms with Crippen LogP contribution in [0.5, 0.6) is 5.75 Å². The highest BCUT2D eigenvalue weighted by atomic mass is 16.6. The molecule has 3 aromatic rings. The molecule has 2 saturated heterocycles. The van der Waals surface area contributed by atoms with E-state index in [9.17, 15) is 10.1 Å². The van der Waals surface area contributed by atoms with E-state index in [1.54, 1.807) is 12.1 Å². The molecule has 8 nitrogen and oxygen atoms in total. The van der Waals surface area contributed by atoms with E-state index >= 15 is 0 Å². The van der Waals surface area contributed by atoms with Crippen LogP contribution in [0.1, 0.15) is 0 Å². The molecule has 2 fully saturated rings. The lowest BCUT2D eigenvalue weighted by Crippen LogP contribution is -2.66. The number of nitro groups is 1. The van der Waals surface area contributed by atoms with Crippen LogP contribution in [0.15, 0.2) is 48.8 Å². The monoisotopic (exact) mass is 380 g/mol. The second-order valence-corrected chi connectivity index (χ2v) is 7.61. The van der Waals surface area contributed by atoms with Gasteiger partial charge in [0.2, 0.25) is 0 Å². The minimum atomic E-state index is -0.406. The summed E-state index contributed by atoms with van der Waals surface area (Å²) < 4.78 is 13.1. The molecule has 0 atom stereocenters. The first-order valence-electron chi connectivity index (χ1n) is 9.27. The van der Waals surface area contributed by atoms with E-state index in [4.69, 9.17) is 9.47 Å². The van der Waals surface area contributed by atoms with Gasteiger partial charge in [-0.1, -0.05) is 0 Å². The van der Waals surface area contributed by atoms with Crippen molar-refractivity contribution in [3.05, 3.63) is 58.9 Å². The van der Waals surface area contributed by atoms with Gasteiger partial charge in [0.25, 0.3) is 5.69 Å². The van der Waals surface area contributed by atoms with Gasteiger partial charge in [0, 0.05) is 48.9 Å². The van der Waals surface area contributed by atoms with Crippen LogP contribution in [-0.4, -0.2) is 58.7 Å². The summed E-state index contributed by atoms with van der Waals surface area (Å²) in [6, 6.07) is 10.2. The Kier molecular flexibility index (Phi) is 4.03. The Hall–Kier alpha value is -2.97. The number of likely N-dealkylation sites (tertiary alicyclic amines) is 1. The number of pyridine rings is 1. The Morgan fingerprint density at radius 1 is 1.14 bits per heavy atom. The number of non-ortho nitro benzene ring substituents is 1.